The molecule has 0 fully saturated rings. The molecule has 0 atom stereocenters. The first-order chi connectivity index (χ1) is 7.25. The van der Waals surface area contributed by atoms with Crippen molar-refractivity contribution in [3.8, 4) is 0 Å². The van der Waals surface area contributed by atoms with Crippen molar-refractivity contribution in [3.63, 3.8) is 0 Å². The van der Waals surface area contributed by atoms with E-state index in [0.29, 0.717) is 5.02 Å². The number of halogens is 1. The maximum absolute atomic E-state index is 6.00. The number of aromatic nitrogens is 1. The summed E-state index contributed by atoms with van der Waals surface area (Å²) in [6, 6.07) is 9.31. The van der Waals surface area contributed by atoms with Crippen LogP contribution in [-0.4, -0.2) is 4.98 Å². The quantitative estimate of drug-likeness (QED) is 0.811. The van der Waals surface area contributed by atoms with Gasteiger partial charge in [-0.25, -0.2) is 4.98 Å². The third-order valence-corrected chi connectivity index (χ3v) is 3.17. The molecule has 0 unspecified atom stereocenters. The summed E-state index contributed by atoms with van der Waals surface area (Å²) < 4.78 is 0.791. The van der Waals surface area contributed by atoms with E-state index in [0.717, 1.165) is 14.6 Å². The number of rotatable bonds is 2. The second-order valence-corrected chi connectivity index (χ2v) is 4.91. The second-order valence-electron chi connectivity index (χ2n) is 2.78. The van der Waals surface area contributed by atoms with Gasteiger partial charge in [0.1, 0.15) is 0 Å². The lowest BCUT2D eigenvalue weighted by Gasteiger charge is -2.05. The monoisotopic (exact) mass is 254 g/mol. The van der Waals surface area contributed by atoms with Crippen LogP contribution < -0.4 is 5.32 Å². The molecule has 1 aromatic heterocycles. The van der Waals surface area contributed by atoms with Crippen molar-refractivity contribution in [2.24, 2.45) is 0 Å². The van der Waals surface area contributed by atoms with Crippen LogP contribution >= 0.6 is 35.2 Å². The molecule has 2 rings (SSSR count). The molecule has 0 aliphatic carbocycles. The van der Waals surface area contributed by atoms with Gasteiger partial charge in [-0.15, -0.1) is 0 Å². The fourth-order valence-corrected chi connectivity index (χ4v) is 2.13. The zero-order valence-corrected chi connectivity index (χ0v) is 9.99. The number of anilines is 2. The highest BCUT2D eigenvalue weighted by Gasteiger charge is 1.99. The molecular weight excluding hydrogens is 248 g/mol. The summed E-state index contributed by atoms with van der Waals surface area (Å²) in [5, 5.41) is 4.54. The van der Waals surface area contributed by atoms with Crippen LogP contribution in [0.15, 0.2) is 36.5 Å². The minimum absolute atomic E-state index is 0.668. The van der Waals surface area contributed by atoms with Gasteiger partial charge in [0.25, 0.3) is 0 Å². The summed E-state index contributed by atoms with van der Waals surface area (Å²) in [6.45, 7) is 0. The lowest BCUT2D eigenvalue weighted by molar-refractivity contribution is 1.36. The molecule has 0 spiro atoms. The Morgan fingerprint density at radius 2 is 2.07 bits per heavy atom. The van der Waals surface area contributed by atoms with Gasteiger partial charge < -0.3 is 5.32 Å². The van der Waals surface area contributed by atoms with E-state index < -0.39 is 0 Å². The number of nitrogens with zero attached hydrogens (tertiary/aromatic N) is 1. The molecule has 15 heavy (non-hydrogen) atoms. The van der Waals surface area contributed by atoms with Gasteiger partial charge in [-0.2, -0.15) is 0 Å². The van der Waals surface area contributed by atoms with Gasteiger partial charge in [-0.1, -0.05) is 47.3 Å². The maximum atomic E-state index is 6.00. The summed E-state index contributed by atoms with van der Waals surface area (Å²) in [5.74, 6) is 0. The summed E-state index contributed by atoms with van der Waals surface area (Å²) >= 11 is 12.5. The van der Waals surface area contributed by atoms with E-state index in [1.807, 2.05) is 24.3 Å². The van der Waals surface area contributed by atoms with Gasteiger partial charge in [-0.3, -0.25) is 0 Å². The molecule has 2 nitrogen and oxygen atoms in total. The van der Waals surface area contributed by atoms with Crippen molar-refractivity contribution in [1.82, 2.24) is 4.98 Å². The van der Waals surface area contributed by atoms with E-state index in [1.54, 1.807) is 12.3 Å². The number of benzene rings is 1. The molecule has 76 valence electrons. The fraction of sp³-hybridized carbons (Fsp3) is 0. The highest BCUT2D eigenvalue weighted by Crippen LogP contribution is 2.25. The highest BCUT2D eigenvalue weighted by molar-refractivity contribution is 7.73. The van der Waals surface area contributed by atoms with Gasteiger partial charge in [-0.05, 0) is 18.2 Å². The summed E-state index contributed by atoms with van der Waals surface area (Å²) in [6.07, 6.45) is 1.68. The van der Waals surface area contributed by atoms with E-state index >= 15 is 0 Å². The molecule has 0 aliphatic heterocycles. The Hall–Kier alpha value is -0.970. The lowest BCUT2D eigenvalue weighted by atomic mass is 10.3. The smallest absolute Gasteiger partial charge is 0.188 e. The van der Waals surface area contributed by atoms with Crippen LogP contribution in [0.25, 0.3) is 0 Å². The predicted molar refractivity (Wildman–Crippen MR) is 67.7 cm³/mol. The third kappa shape index (κ3) is 2.75. The van der Waals surface area contributed by atoms with Crippen molar-refractivity contribution in [2.75, 3.05) is 5.32 Å². The van der Waals surface area contributed by atoms with Gasteiger partial charge in [0.2, 0.25) is 0 Å². The second kappa shape index (κ2) is 4.70. The number of hydrogen-bond donors (Lipinski definition) is 1. The van der Waals surface area contributed by atoms with Crippen molar-refractivity contribution in [2.45, 2.75) is 0 Å². The number of hydrogen-bond acceptors (Lipinski definition) is 4. The van der Waals surface area contributed by atoms with Gasteiger partial charge in [0.05, 0.1) is 14.5 Å². The Kier molecular flexibility index (Phi) is 3.30. The Morgan fingerprint density at radius 3 is 2.80 bits per heavy atom. The first kappa shape index (κ1) is 10.5. The van der Waals surface area contributed by atoms with Crippen molar-refractivity contribution >= 4 is 46.0 Å². The van der Waals surface area contributed by atoms with Crippen LogP contribution in [0.2, 0.25) is 5.02 Å². The SMILES string of the molecule is S=c1ccnc(Nc2ccccc2Cl)s1. The van der Waals surface area contributed by atoms with Crippen molar-refractivity contribution < 1.29 is 0 Å². The van der Waals surface area contributed by atoms with Gasteiger partial charge >= 0.3 is 0 Å². The summed E-state index contributed by atoms with van der Waals surface area (Å²) in [7, 11) is 0. The zero-order valence-electron chi connectivity index (χ0n) is 7.61. The summed E-state index contributed by atoms with van der Waals surface area (Å²) in [5.41, 5.74) is 0.837. The first-order valence-corrected chi connectivity index (χ1v) is 5.84. The van der Waals surface area contributed by atoms with E-state index in [1.165, 1.54) is 11.3 Å². The molecule has 1 aromatic carbocycles. The zero-order chi connectivity index (χ0) is 10.7. The average molecular weight is 255 g/mol. The first-order valence-electron chi connectivity index (χ1n) is 4.23. The van der Waals surface area contributed by atoms with Crippen molar-refractivity contribution in [3.05, 3.63) is 45.4 Å². The molecule has 0 amide bonds. The Bertz CT molecular complexity index is 525. The van der Waals surface area contributed by atoms with Crippen LogP contribution in [0, 0.1) is 3.82 Å². The minimum atomic E-state index is 0.668. The van der Waals surface area contributed by atoms with Crippen LogP contribution in [-0.2, 0) is 0 Å². The third-order valence-electron chi connectivity index (χ3n) is 1.72. The van der Waals surface area contributed by atoms with E-state index in [4.69, 9.17) is 23.8 Å². The molecule has 1 heterocycles. The Balaban J connectivity index is 2.30. The standard InChI is InChI=1S/C10H7ClN2S2/c11-7-3-1-2-4-8(7)13-10-12-6-5-9(14)15-10/h1-6H,(H,12,13). The van der Waals surface area contributed by atoms with E-state index in [2.05, 4.69) is 10.3 Å². The normalized spacial score (nSPS) is 9.93. The number of para-hydroxylation sites is 1. The van der Waals surface area contributed by atoms with Crippen LogP contribution in [0.4, 0.5) is 10.8 Å². The van der Waals surface area contributed by atoms with Crippen LogP contribution in [0.5, 0.6) is 0 Å². The fourth-order valence-electron chi connectivity index (χ4n) is 1.06. The van der Waals surface area contributed by atoms with E-state index in [-0.39, 0.29) is 0 Å². The number of nitrogens with one attached hydrogen (secondary N) is 1. The maximum Gasteiger partial charge on any atom is 0.188 e. The molecule has 0 aliphatic rings. The molecular formula is C10H7ClN2S2. The minimum Gasteiger partial charge on any atom is -0.330 e. The molecule has 0 radical (unpaired) electrons. The molecule has 0 saturated carbocycles. The highest BCUT2D eigenvalue weighted by atomic mass is 35.5. The van der Waals surface area contributed by atoms with Crippen molar-refractivity contribution in [1.29, 1.82) is 0 Å². The Morgan fingerprint density at radius 1 is 1.27 bits per heavy atom. The predicted octanol–water partition coefficient (Wildman–Crippen LogP) is 4.27. The molecule has 1 N–H and O–H groups in total. The van der Waals surface area contributed by atoms with Crippen LogP contribution in [0.3, 0.4) is 0 Å². The van der Waals surface area contributed by atoms with Gasteiger partial charge in [0, 0.05) is 6.20 Å². The molecule has 0 bridgehead atoms. The Labute approximate surface area is 102 Å². The molecule has 2 aromatic rings. The average Bonchev–Trinajstić information content (AvgIpc) is 2.22. The topological polar surface area (TPSA) is 24.9 Å². The van der Waals surface area contributed by atoms with Gasteiger partial charge in [0.15, 0.2) is 5.13 Å². The largest absolute Gasteiger partial charge is 0.330 e. The lowest BCUT2D eigenvalue weighted by Crippen LogP contribution is -1.91. The molecule has 0 saturated heterocycles. The van der Waals surface area contributed by atoms with Crippen LogP contribution in [0.1, 0.15) is 0 Å². The van der Waals surface area contributed by atoms with E-state index in [9.17, 15) is 0 Å². The summed E-state index contributed by atoms with van der Waals surface area (Å²) in [4.78, 5) is 4.16. The molecule has 5 heteroatoms.